The summed E-state index contributed by atoms with van der Waals surface area (Å²) >= 11 is 0. The lowest BCUT2D eigenvalue weighted by Crippen LogP contribution is -2.49. The maximum Gasteiger partial charge on any atom is 0.317 e. The van der Waals surface area contributed by atoms with Crippen molar-refractivity contribution in [2.24, 2.45) is 5.41 Å². The molecule has 0 aromatic carbocycles. The number of hydrogen-bond donors (Lipinski definition) is 1. The molecule has 1 heterocycles. The van der Waals surface area contributed by atoms with Crippen LogP contribution in [0.25, 0.3) is 0 Å². The van der Waals surface area contributed by atoms with Crippen molar-refractivity contribution in [1.82, 2.24) is 10.2 Å². The van der Waals surface area contributed by atoms with Gasteiger partial charge in [0.15, 0.2) is 0 Å². The molecule has 1 saturated heterocycles. The van der Waals surface area contributed by atoms with Crippen LogP contribution in [0.2, 0.25) is 0 Å². The smallest absolute Gasteiger partial charge is 0.317 e. The SMILES string of the molecule is CC(C)NC(=O)N1CCCC1C(C)(C)C. The van der Waals surface area contributed by atoms with Crippen LogP contribution in [0.4, 0.5) is 4.79 Å². The van der Waals surface area contributed by atoms with Gasteiger partial charge in [-0.15, -0.1) is 0 Å². The minimum Gasteiger partial charge on any atom is -0.336 e. The molecule has 88 valence electrons. The van der Waals surface area contributed by atoms with E-state index in [1.807, 2.05) is 18.7 Å². The Labute approximate surface area is 93.2 Å². The van der Waals surface area contributed by atoms with E-state index in [0.29, 0.717) is 6.04 Å². The second-order valence-electron chi connectivity index (χ2n) is 5.82. The van der Waals surface area contributed by atoms with Crippen LogP contribution in [-0.2, 0) is 0 Å². The van der Waals surface area contributed by atoms with E-state index < -0.39 is 0 Å². The van der Waals surface area contributed by atoms with Crippen molar-refractivity contribution in [3.63, 3.8) is 0 Å². The predicted octanol–water partition coefficient (Wildman–Crippen LogP) is 2.61. The van der Waals surface area contributed by atoms with Crippen molar-refractivity contribution in [2.75, 3.05) is 6.54 Å². The van der Waals surface area contributed by atoms with E-state index in [9.17, 15) is 4.79 Å². The number of amides is 2. The van der Waals surface area contributed by atoms with Gasteiger partial charge in [0.1, 0.15) is 0 Å². The van der Waals surface area contributed by atoms with E-state index >= 15 is 0 Å². The first-order valence-electron chi connectivity index (χ1n) is 5.89. The highest BCUT2D eigenvalue weighted by atomic mass is 16.2. The van der Waals surface area contributed by atoms with Crippen molar-refractivity contribution >= 4 is 6.03 Å². The number of urea groups is 1. The number of hydrogen-bond acceptors (Lipinski definition) is 1. The Kier molecular flexibility index (Phi) is 3.63. The first-order valence-corrected chi connectivity index (χ1v) is 5.89. The summed E-state index contributed by atoms with van der Waals surface area (Å²) in [4.78, 5) is 13.9. The third-order valence-electron chi connectivity index (χ3n) is 2.93. The van der Waals surface area contributed by atoms with E-state index in [-0.39, 0.29) is 17.5 Å². The lowest BCUT2D eigenvalue weighted by atomic mass is 9.85. The highest BCUT2D eigenvalue weighted by Crippen LogP contribution is 2.32. The molecule has 0 bridgehead atoms. The van der Waals surface area contributed by atoms with E-state index in [1.165, 1.54) is 0 Å². The van der Waals surface area contributed by atoms with E-state index in [2.05, 4.69) is 26.1 Å². The zero-order valence-corrected chi connectivity index (χ0v) is 10.6. The summed E-state index contributed by atoms with van der Waals surface area (Å²) in [6.07, 6.45) is 2.27. The number of nitrogens with one attached hydrogen (secondary N) is 1. The van der Waals surface area contributed by atoms with Gasteiger partial charge in [-0.3, -0.25) is 0 Å². The molecule has 0 radical (unpaired) electrons. The van der Waals surface area contributed by atoms with Gasteiger partial charge in [0.05, 0.1) is 0 Å². The zero-order valence-electron chi connectivity index (χ0n) is 10.6. The average molecular weight is 212 g/mol. The molecule has 0 aromatic rings. The summed E-state index contributed by atoms with van der Waals surface area (Å²) in [5.74, 6) is 0. The van der Waals surface area contributed by atoms with Crippen LogP contribution in [0.1, 0.15) is 47.5 Å². The number of carbonyl (C=O) groups excluding carboxylic acids is 1. The summed E-state index contributed by atoms with van der Waals surface area (Å²) in [5.41, 5.74) is 0.185. The molecule has 3 nitrogen and oxygen atoms in total. The van der Waals surface area contributed by atoms with Gasteiger partial charge in [-0.25, -0.2) is 4.79 Å². The molecule has 1 atom stereocenters. The fourth-order valence-corrected chi connectivity index (χ4v) is 2.24. The molecule has 0 aliphatic carbocycles. The predicted molar refractivity (Wildman–Crippen MR) is 62.9 cm³/mol. The Balaban J connectivity index is 2.64. The lowest BCUT2D eigenvalue weighted by molar-refractivity contribution is 0.144. The minimum absolute atomic E-state index is 0.0995. The van der Waals surface area contributed by atoms with Crippen molar-refractivity contribution in [3.8, 4) is 0 Å². The van der Waals surface area contributed by atoms with Gasteiger partial charge in [0, 0.05) is 18.6 Å². The molecule has 1 rings (SSSR count). The normalized spacial score (nSPS) is 22.3. The molecule has 3 heteroatoms. The maximum absolute atomic E-state index is 11.9. The van der Waals surface area contributed by atoms with Gasteiger partial charge in [0.25, 0.3) is 0 Å². The van der Waals surface area contributed by atoms with Crippen LogP contribution in [0.15, 0.2) is 0 Å². The van der Waals surface area contributed by atoms with Gasteiger partial charge in [-0.2, -0.15) is 0 Å². The first kappa shape index (κ1) is 12.3. The van der Waals surface area contributed by atoms with Gasteiger partial charge < -0.3 is 10.2 Å². The third-order valence-corrected chi connectivity index (χ3v) is 2.93. The second-order valence-corrected chi connectivity index (χ2v) is 5.82. The fourth-order valence-electron chi connectivity index (χ4n) is 2.24. The lowest BCUT2D eigenvalue weighted by Gasteiger charge is -2.35. The average Bonchev–Trinajstić information content (AvgIpc) is 2.48. The van der Waals surface area contributed by atoms with Crippen molar-refractivity contribution in [2.45, 2.75) is 59.5 Å². The van der Waals surface area contributed by atoms with Crippen LogP contribution >= 0.6 is 0 Å². The summed E-state index contributed by atoms with van der Waals surface area (Å²) in [5, 5.41) is 2.97. The molecule has 1 unspecified atom stereocenters. The minimum atomic E-state index is 0.0995. The van der Waals surface area contributed by atoms with Crippen LogP contribution in [-0.4, -0.2) is 29.6 Å². The van der Waals surface area contributed by atoms with Gasteiger partial charge in [-0.05, 0) is 32.1 Å². The monoisotopic (exact) mass is 212 g/mol. The van der Waals surface area contributed by atoms with Crippen LogP contribution in [0.5, 0.6) is 0 Å². The molecule has 1 fully saturated rings. The fraction of sp³-hybridized carbons (Fsp3) is 0.917. The molecule has 0 saturated carbocycles. The van der Waals surface area contributed by atoms with Crippen molar-refractivity contribution < 1.29 is 4.79 Å². The van der Waals surface area contributed by atoms with E-state index in [0.717, 1.165) is 19.4 Å². The molecule has 1 N–H and O–H groups in total. The van der Waals surface area contributed by atoms with E-state index in [1.54, 1.807) is 0 Å². The summed E-state index contributed by atoms with van der Waals surface area (Å²) < 4.78 is 0. The number of nitrogens with zero attached hydrogens (tertiary/aromatic N) is 1. The quantitative estimate of drug-likeness (QED) is 0.712. The van der Waals surface area contributed by atoms with Gasteiger partial charge in [-0.1, -0.05) is 20.8 Å². The van der Waals surface area contributed by atoms with Crippen molar-refractivity contribution in [3.05, 3.63) is 0 Å². The van der Waals surface area contributed by atoms with Crippen LogP contribution in [0, 0.1) is 5.41 Å². The molecule has 1 aliphatic rings. The van der Waals surface area contributed by atoms with Gasteiger partial charge >= 0.3 is 6.03 Å². The summed E-state index contributed by atoms with van der Waals surface area (Å²) in [7, 11) is 0. The summed E-state index contributed by atoms with van der Waals surface area (Å²) in [6.45, 7) is 11.5. The Morgan fingerprint density at radius 1 is 1.40 bits per heavy atom. The highest BCUT2D eigenvalue weighted by Gasteiger charge is 2.36. The Bertz CT molecular complexity index is 230. The molecule has 0 aromatic heterocycles. The zero-order chi connectivity index (χ0) is 11.6. The largest absolute Gasteiger partial charge is 0.336 e. The Hall–Kier alpha value is -0.730. The highest BCUT2D eigenvalue weighted by molar-refractivity contribution is 5.75. The maximum atomic E-state index is 11.9. The number of carbonyl (C=O) groups is 1. The van der Waals surface area contributed by atoms with Gasteiger partial charge in [0.2, 0.25) is 0 Å². The third kappa shape index (κ3) is 3.11. The molecule has 1 aliphatic heterocycles. The molecule has 15 heavy (non-hydrogen) atoms. The Morgan fingerprint density at radius 3 is 2.47 bits per heavy atom. The van der Waals surface area contributed by atoms with Crippen LogP contribution in [0.3, 0.4) is 0 Å². The molecular formula is C12H24N2O. The Morgan fingerprint density at radius 2 is 2.00 bits per heavy atom. The first-order chi connectivity index (χ1) is 6.82. The second kappa shape index (κ2) is 4.42. The number of likely N-dealkylation sites (tertiary alicyclic amines) is 1. The van der Waals surface area contributed by atoms with E-state index in [4.69, 9.17) is 0 Å². The standard InChI is InChI=1S/C12H24N2O/c1-9(2)13-11(15)14-8-6-7-10(14)12(3,4)5/h9-10H,6-8H2,1-5H3,(H,13,15). The molecule has 2 amide bonds. The van der Waals surface area contributed by atoms with Crippen molar-refractivity contribution in [1.29, 1.82) is 0 Å². The summed E-state index contributed by atoms with van der Waals surface area (Å²) in [6, 6.07) is 0.706. The topological polar surface area (TPSA) is 32.3 Å². The number of rotatable bonds is 1. The molecular weight excluding hydrogens is 188 g/mol. The van der Waals surface area contributed by atoms with Crippen LogP contribution < -0.4 is 5.32 Å². The molecule has 0 spiro atoms.